The van der Waals surface area contributed by atoms with Crippen molar-refractivity contribution in [1.82, 2.24) is 10.2 Å². The van der Waals surface area contributed by atoms with Crippen LogP contribution in [0.15, 0.2) is 133 Å². The van der Waals surface area contributed by atoms with E-state index in [1.165, 1.54) is 44.1 Å². The summed E-state index contributed by atoms with van der Waals surface area (Å²) in [7, 11) is -4.26. The molecule has 0 spiro atoms. The number of fused-ring (bicyclic) bond motifs is 6. The molecular weight excluding hydrogens is 829 g/mol. The summed E-state index contributed by atoms with van der Waals surface area (Å²) in [4.78, 5) is 29.7. The van der Waals surface area contributed by atoms with Crippen LogP contribution in [-0.2, 0) is 30.5 Å². The topological polar surface area (TPSA) is 113 Å². The Kier molecular flexibility index (Phi) is 15.4. The zero-order valence-electron chi connectivity index (χ0n) is 38.7. The number of carbonyl (C=O) groups excluding carboxylic acids is 2. The summed E-state index contributed by atoms with van der Waals surface area (Å²) in [5.74, 6) is -0.226. The Bertz CT molecular complexity index is 2690. The maximum Gasteiger partial charge on any atom is 0.224 e. The number of nitrogens with one attached hydrogen (secondary N) is 1. The molecule has 10 heteroatoms. The molecule has 4 aromatic carbocycles. The number of benzene rings is 4. The van der Waals surface area contributed by atoms with E-state index in [1.807, 2.05) is 17.1 Å². The summed E-state index contributed by atoms with van der Waals surface area (Å²) in [6, 6.07) is 25.8. The van der Waals surface area contributed by atoms with Crippen molar-refractivity contribution in [2.24, 2.45) is 0 Å². The highest BCUT2D eigenvalue weighted by Gasteiger charge is 2.45. The van der Waals surface area contributed by atoms with Gasteiger partial charge in [0.2, 0.25) is 17.5 Å². The second-order valence-electron chi connectivity index (χ2n) is 18.6. The van der Waals surface area contributed by atoms with Crippen LogP contribution in [0, 0.1) is 0 Å². The van der Waals surface area contributed by atoms with Crippen LogP contribution in [0.5, 0.6) is 0 Å². The van der Waals surface area contributed by atoms with Crippen molar-refractivity contribution < 1.29 is 27.1 Å². The lowest BCUT2D eigenvalue weighted by atomic mass is 9.79. The van der Waals surface area contributed by atoms with Crippen LogP contribution in [-0.4, -0.2) is 78.4 Å². The second-order valence-corrected chi connectivity index (χ2v) is 20.2. The number of carbonyl (C=O) groups is 2. The number of hydrogen-bond acceptors (Lipinski definition) is 6. The molecule has 4 aromatic rings. The molecule has 0 aromatic heterocycles. The number of anilines is 1. The highest BCUT2D eigenvalue weighted by atomic mass is 32.2. The molecule has 0 saturated carbocycles. The molecule has 3 aliphatic heterocycles. The van der Waals surface area contributed by atoms with Gasteiger partial charge in [-0.3, -0.25) is 9.59 Å². The molecule has 7 rings (SSSR count). The maximum atomic E-state index is 12.7. The van der Waals surface area contributed by atoms with Crippen molar-refractivity contribution in [1.29, 1.82) is 0 Å². The number of unbranched alkanes of at least 4 members (excludes halogenated alkanes) is 3. The van der Waals surface area contributed by atoms with E-state index in [1.54, 1.807) is 0 Å². The quantitative estimate of drug-likeness (QED) is 0.0350. The van der Waals surface area contributed by atoms with E-state index in [0.717, 1.165) is 69.5 Å². The van der Waals surface area contributed by atoms with E-state index in [0.29, 0.717) is 38.8 Å². The molecule has 0 fully saturated rings. The first-order chi connectivity index (χ1) is 31.3. The third-order valence-electron chi connectivity index (χ3n) is 13.3. The first-order valence-electron chi connectivity index (χ1n) is 23.6. The summed E-state index contributed by atoms with van der Waals surface area (Å²) in [6.45, 7) is 12.5. The van der Waals surface area contributed by atoms with Gasteiger partial charge >= 0.3 is 0 Å². The summed E-state index contributed by atoms with van der Waals surface area (Å²) in [5.41, 5.74) is 6.75. The molecule has 1 N–H and O–H groups in total. The summed E-state index contributed by atoms with van der Waals surface area (Å²) >= 11 is 0. The van der Waals surface area contributed by atoms with Gasteiger partial charge in [-0.2, -0.15) is 4.58 Å². The molecule has 0 radical (unpaired) electrons. The van der Waals surface area contributed by atoms with Gasteiger partial charge in [-0.15, -0.1) is 0 Å². The average Bonchev–Trinajstić information content (AvgIpc) is 3.62. The number of nitrogens with zero attached hydrogens (tertiary/aromatic N) is 3. The first kappa shape index (κ1) is 47.4. The Labute approximate surface area is 386 Å². The third kappa shape index (κ3) is 11.3. The minimum atomic E-state index is -4.26. The van der Waals surface area contributed by atoms with Crippen molar-refractivity contribution >= 4 is 60.6 Å². The normalized spacial score (nSPS) is 17.8. The van der Waals surface area contributed by atoms with Gasteiger partial charge in [-0.05, 0) is 104 Å². The molecule has 0 aliphatic carbocycles. The van der Waals surface area contributed by atoms with Gasteiger partial charge in [0.15, 0.2) is 5.71 Å². The lowest BCUT2D eigenvalue weighted by molar-refractivity contribution is -0.438. The molecule has 3 heterocycles. The van der Waals surface area contributed by atoms with Gasteiger partial charge in [0, 0.05) is 85.7 Å². The fourth-order valence-corrected chi connectivity index (χ4v) is 10.7. The Morgan fingerprint density at radius 3 is 2.20 bits per heavy atom. The summed E-state index contributed by atoms with van der Waals surface area (Å²) in [6.07, 6.45) is 26.3. The minimum Gasteiger partial charge on any atom is -0.748 e. The van der Waals surface area contributed by atoms with E-state index < -0.39 is 10.1 Å². The van der Waals surface area contributed by atoms with Crippen LogP contribution in [0.25, 0.3) is 21.5 Å². The number of hydrogen-bond donors (Lipinski definition) is 1. The van der Waals surface area contributed by atoms with Crippen molar-refractivity contribution in [2.75, 3.05) is 43.4 Å². The maximum absolute atomic E-state index is 12.7. The van der Waals surface area contributed by atoms with Gasteiger partial charge in [0.05, 0.1) is 15.5 Å². The van der Waals surface area contributed by atoms with Gasteiger partial charge < -0.3 is 19.7 Å². The fraction of sp³-hybridized carbons (Fsp3) is 0.400. The molecule has 9 nitrogen and oxygen atoms in total. The molecule has 0 atom stereocenters. The van der Waals surface area contributed by atoms with Crippen molar-refractivity contribution in [3.63, 3.8) is 0 Å². The number of allylic oxidation sites excluding steroid dienone is 9. The molecule has 2 amide bonds. The lowest BCUT2D eigenvalue weighted by Gasteiger charge is -2.27. The van der Waals surface area contributed by atoms with E-state index in [9.17, 15) is 22.6 Å². The molecule has 0 bridgehead atoms. The van der Waals surface area contributed by atoms with Crippen LogP contribution in [0.2, 0.25) is 0 Å². The molecule has 3 aliphatic rings. The highest BCUT2D eigenvalue weighted by molar-refractivity contribution is 7.85. The smallest absolute Gasteiger partial charge is 0.224 e. The molecule has 342 valence electrons. The van der Waals surface area contributed by atoms with E-state index >= 15 is 0 Å². The predicted molar refractivity (Wildman–Crippen MR) is 266 cm³/mol. The Morgan fingerprint density at radius 1 is 0.738 bits per heavy atom. The fourth-order valence-electron chi connectivity index (χ4n) is 10.1. The van der Waals surface area contributed by atoms with Crippen LogP contribution in [0.1, 0.15) is 103 Å². The summed E-state index contributed by atoms with van der Waals surface area (Å²) in [5, 5.41) is 7.86. The molecular formula is C55H66N4O5S. The Hall–Kier alpha value is -5.58. The van der Waals surface area contributed by atoms with Crippen molar-refractivity contribution in [3.8, 4) is 0 Å². The van der Waals surface area contributed by atoms with Gasteiger partial charge in [-0.1, -0.05) is 111 Å². The summed E-state index contributed by atoms with van der Waals surface area (Å²) < 4.78 is 36.5. The van der Waals surface area contributed by atoms with E-state index in [2.05, 4.69) is 158 Å². The molecule has 0 unspecified atom stereocenters. The monoisotopic (exact) mass is 894 g/mol. The Balaban J connectivity index is 1.01. The second kappa shape index (κ2) is 21.2. The van der Waals surface area contributed by atoms with Gasteiger partial charge in [0.1, 0.15) is 6.54 Å². The van der Waals surface area contributed by atoms with Crippen LogP contribution in [0.4, 0.5) is 11.4 Å². The van der Waals surface area contributed by atoms with Crippen LogP contribution < -0.4 is 10.2 Å². The minimum absolute atomic E-state index is 0.00876. The standard InChI is InChI=1S/C55H66N4O5S/c1-54(2)48(28-12-7-5-8-13-29-49-55(3,4)53-45-27-18-16-25-43(45)32-34-47(53)59(49)40-22-23-41-65(62,63)64)58(46-33-31-42-24-15-17-26-44(42)52(46)54)39-21-11-14-30-50(60)56-36-35-51(61)57-37-19-9-6-10-20-38-57/h5-9,12-13,15-18,24-29,31-34H,10-11,14,19-23,30,35-41H2,1-4H3,(H-,56,60,62,63,64). The number of rotatable bonds is 18. The van der Waals surface area contributed by atoms with Gasteiger partial charge in [-0.25, -0.2) is 8.42 Å². The zero-order valence-corrected chi connectivity index (χ0v) is 39.5. The van der Waals surface area contributed by atoms with Crippen molar-refractivity contribution in [3.05, 3.63) is 144 Å². The Morgan fingerprint density at radius 2 is 1.43 bits per heavy atom. The third-order valence-corrected chi connectivity index (χ3v) is 14.1. The van der Waals surface area contributed by atoms with E-state index in [-0.39, 0.29) is 28.4 Å². The first-order valence-corrected chi connectivity index (χ1v) is 25.2. The SMILES string of the molecule is CC1(C)C(=CC=CC=CC=CC2=[N+](CCCCCC(=O)NCCC(=O)N3CCC=CCCC3)c3ccc4ccccc4c3C2(C)C)N(CCCCS(=O)(=O)[O-])c2ccc3ccccc3c21. The van der Waals surface area contributed by atoms with Gasteiger partial charge in [0.25, 0.3) is 0 Å². The van der Waals surface area contributed by atoms with Crippen LogP contribution >= 0.6 is 0 Å². The lowest BCUT2D eigenvalue weighted by Crippen LogP contribution is -2.36. The molecule has 65 heavy (non-hydrogen) atoms. The number of amides is 2. The largest absolute Gasteiger partial charge is 0.748 e. The van der Waals surface area contributed by atoms with E-state index in [4.69, 9.17) is 0 Å². The van der Waals surface area contributed by atoms with Crippen molar-refractivity contribution in [2.45, 2.75) is 103 Å². The molecule has 0 saturated heterocycles. The zero-order chi connectivity index (χ0) is 46.0. The average molecular weight is 895 g/mol. The van der Waals surface area contributed by atoms with Crippen LogP contribution in [0.3, 0.4) is 0 Å². The predicted octanol–water partition coefficient (Wildman–Crippen LogP) is 10.7. The highest BCUT2D eigenvalue weighted by Crippen LogP contribution is 2.51.